The molecule has 0 amide bonds. The molecule has 1 saturated carbocycles. The molecule has 4 rings (SSSR count). The lowest BCUT2D eigenvalue weighted by Gasteiger charge is -2.23. The van der Waals surface area contributed by atoms with Crippen LogP contribution in [0.1, 0.15) is 5.56 Å². The van der Waals surface area contributed by atoms with E-state index >= 15 is 0 Å². The van der Waals surface area contributed by atoms with E-state index in [1.807, 2.05) is 0 Å². The first-order valence-corrected chi connectivity index (χ1v) is 9.64. The zero-order valence-corrected chi connectivity index (χ0v) is 15.2. The summed E-state index contributed by atoms with van der Waals surface area (Å²) in [6.45, 7) is 5.81. The van der Waals surface area contributed by atoms with E-state index < -0.39 is 0 Å². The van der Waals surface area contributed by atoms with Gasteiger partial charge < -0.3 is 9.80 Å². The summed E-state index contributed by atoms with van der Waals surface area (Å²) in [5.74, 6) is 3.84. The van der Waals surface area contributed by atoms with E-state index in [9.17, 15) is 0 Å². The summed E-state index contributed by atoms with van der Waals surface area (Å²) in [5.41, 5.74) is 2.47. The SMILES string of the molecule is CSc1ccc2c(C)cc(N3C[C@@H]4C(CN(C)C)[C@@H]4C3)nc2c1. The second-order valence-electron chi connectivity index (χ2n) is 7.34. The van der Waals surface area contributed by atoms with Crippen molar-refractivity contribution >= 4 is 28.5 Å². The molecule has 2 aliphatic rings. The largest absolute Gasteiger partial charge is 0.356 e. The maximum atomic E-state index is 4.97. The lowest BCUT2D eigenvalue weighted by molar-refractivity contribution is 0.366. The highest BCUT2D eigenvalue weighted by Gasteiger charge is 2.55. The van der Waals surface area contributed by atoms with Crippen molar-refractivity contribution in [2.45, 2.75) is 11.8 Å². The van der Waals surface area contributed by atoms with Crippen molar-refractivity contribution in [1.82, 2.24) is 9.88 Å². The van der Waals surface area contributed by atoms with Crippen molar-refractivity contribution in [1.29, 1.82) is 0 Å². The Balaban J connectivity index is 1.57. The molecular formula is C19H25N3S. The average Bonchev–Trinajstić information content (AvgIpc) is 2.97. The highest BCUT2D eigenvalue weighted by atomic mass is 32.2. The molecule has 1 aliphatic heterocycles. The van der Waals surface area contributed by atoms with Crippen LogP contribution in [0.5, 0.6) is 0 Å². The van der Waals surface area contributed by atoms with E-state index in [-0.39, 0.29) is 0 Å². The number of thioether (sulfide) groups is 1. The minimum Gasteiger partial charge on any atom is -0.356 e. The molecule has 3 nitrogen and oxygen atoms in total. The number of hydrogen-bond donors (Lipinski definition) is 0. The van der Waals surface area contributed by atoms with Crippen LogP contribution in [0.25, 0.3) is 10.9 Å². The number of anilines is 1. The Morgan fingerprint density at radius 2 is 1.96 bits per heavy atom. The summed E-state index contributed by atoms with van der Waals surface area (Å²) in [7, 11) is 4.37. The number of pyridine rings is 1. The molecule has 2 fully saturated rings. The van der Waals surface area contributed by atoms with Gasteiger partial charge in [0.15, 0.2) is 0 Å². The lowest BCUT2D eigenvalue weighted by Crippen LogP contribution is -2.28. The Bertz CT molecular complexity index is 731. The number of benzene rings is 1. The molecule has 1 unspecified atom stereocenters. The van der Waals surface area contributed by atoms with Gasteiger partial charge in [0.05, 0.1) is 5.52 Å². The molecule has 2 aromatic rings. The van der Waals surface area contributed by atoms with E-state index in [1.54, 1.807) is 11.8 Å². The minimum atomic E-state index is 0.882. The monoisotopic (exact) mass is 327 g/mol. The summed E-state index contributed by atoms with van der Waals surface area (Å²) in [5, 5.41) is 1.28. The molecule has 0 N–H and O–H groups in total. The van der Waals surface area contributed by atoms with E-state index in [1.165, 1.54) is 41.3 Å². The van der Waals surface area contributed by atoms with Crippen molar-refractivity contribution in [2.24, 2.45) is 17.8 Å². The van der Waals surface area contributed by atoms with Crippen molar-refractivity contribution in [3.8, 4) is 0 Å². The number of piperidine rings is 1. The Labute approximate surface area is 143 Å². The van der Waals surface area contributed by atoms with E-state index in [4.69, 9.17) is 4.98 Å². The fraction of sp³-hybridized carbons (Fsp3) is 0.526. The zero-order chi connectivity index (χ0) is 16.1. The molecule has 4 heteroatoms. The van der Waals surface area contributed by atoms with Crippen molar-refractivity contribution in [3.63, 3.8) is 0 Å². The van der Waals surface area contributed by atoms with Crippen LogP contribution in [-0.2, 0) is 0 Å². The van der Waals surface area contributed by atoms with E-state index in [0.717, 1.165) is 23.3 Å². The van der Waals surface area contributed by atoms with Gasteiger partial charge in [-0.2, -0.15) is 0 Å². The fourth-order valence-electron chi connectivity index (χ4n) is 4.18. The van der Waals surface area contributed by atoms with Gasteiger partial charge in [0.25, 0.3) is 0 Å². The first kappa shape index (κ1) is 15.3. The van der Waals surface area contributed by atoms with Crippen LogP contribution in [0.15, 0.2) is 29.2 Å². The number of nitrogens with zero attached hydrogens (tertiary/aromatic N) is 3. The van der Waals surface area contributed by atoms with Gasteiger partial charge in [-0.05, 0) is 68.8 Å². The number of aromatic nitrogens is 1. The normalized spacial score (nSPS) is 26.1. The summed E-state index contributed by atoms with van der Waals surface area (Å²) in [4.78, 5) is 11.1. The molecule has 1 aromatic heterocycles. The number of aryl methyl sites for hydroxylation is 1. The minimum absolute atomic E-state index is 0.882. The van der Waals surface area contributed by atoms with Crippen molar-refractivity contribution in [2.75, 3.05) is 44.9 Å². The Morgan fingerprint density at radius 3 is 2.61 bits per heavy atom. The van der Waals surface area contributed by atoms with Gasteiger partial charge in [0.2, 0.25) is 0 Å². The van der Waals surface area contributed by atoms with Gasteiger partial charge in [-0.3, -0.25) is 0 Å². The molecule has 3 atom stereocenters. The lowest BCUT2D eigenvalue weighted by atomic mass is 10.1. The van der Waals surface area contributed by atoms with Crippen molar-refractivity contribution < 1.29 is 0 Å². The molecule has 1 saturated heterocycles. The Morgan fingerprint density at radius 1 is 1.22 bits per heavy atom. The fourth-order valence-corrected chi connectivity index (χ4v) is 4.62. The predicted octanol–water partition coefficient (Wildman–Crippen LogP) is 3.51. The van der Waals surface area contributed by atoms with Gasteiger partial charge in [-0.1, -0.05) is 6.07 Å². The van der Waals surface area contributed by atoms with Gasteiger partial charge in [-0.15, -0.1) is 11.8 Å². The molecule has 0 bridgehead atoms. The molecule has 0 radical (unpaired) electrons. The first-order valence-electron chi connectivity index (χ1n) is 8.42. The number of rotatable bonds is 4. The maximum Gasteiger partial charge on any atom is 0.129 e. The van der Waals surface area contributed by atoms with Crippen molar-refractivity contribution in [3.05, 3.63) is 29.8 Å². The molecule has 1 aliphatic carbocycles. The van der Waals surface area contributed by atoms with Crippen LogP contribution in [0.3, 0.4) is 0 Å². The third kappa shape index (κ3) is 2.72. The third-order valence-corrected chi connectivity index (χ3v) is 6.21. The summed E-state index contributed by atoms with van der Waals surface area (Å²) >= 11 is 1.78. The first-order chi connectivity index (χ1) is 11.1. The van der Waals surface area contributed by atoms with E-state index in [0.29, 0.717) is 0 Å². The molecule has 122 valence electrons. The summed E-state index contributed by atoms with van der Waals surface area (Å²) < 4.78 is 0. The Hall–Kier alpha value is -1.26. The van der Waals surface area contributed by atoms with Gasteiger partial charge in [-0.25, -0.2) is 4.98 Å². The van der Waals surface area contributed by atoms with Gasteiger partial charge in [0.1, 0.15) is 5.82 Å². The smallest absolute Gasteiger partial charge is 0.129 e. The quantitative estimate of drug-likeness (QED) is 0.800. The highest BCUT2D eigenvalue weighted by molar-refractivity contribution is 7.98. The topological polar surface area (TPSA) is 19.4 Å². The standard InChI is InChI=1S/C19H25N3S/c1-12-7-19(20-18-8-13(23-4)5-6-14(12)18)22-10-16-15(9-21(2)3)17(16)11-22/h5-8,15-17H,9-11H2,1-4H3/t15?,16-,17+. The van der Waals surface area contributed by atoms with Crippen LogP contribution in [0, 0.1) is 24.7 Å². The van der Waals surface area contributed by atoms with Crippen LogP contribution < -0.4 is 4.90 Å². The maximum absolute atomic E-state index is 4.97. The molecule has 0 spiro atoms. The highest BCUT2D eigenvalue weighted by Crippen LogP contribution is 2.52. The zero-order valence-electron chi connectivity index (χ0n) is 14.4. The summed E-state index contributed by atoms with van der Waals surface area (Å²) in [6, 6.07) is 8.90. The second-order valence-corrected chi connectivity index (χ2v) is 8.22. The molecule has 1 aromatic carbocycles. The molecular weight excluding hydrogens is 302 g/mol. The van der Waals surface area contributed by atoms with Crippen LogP contribution in [-0.4, -0.2) is 49.9 Å². The van der Waals surface area contributed by atoms with Gasteiger partial charge >= 0.3 is 0 Å². The Kier molecular flexibility index (Phi) is 3.77. The number of fused-ring (bicyclic) bond motifs is 2. The van der Waals surface area contributed by atoms with Crippen LogP contribution >= 0.6 is 11.8 Å². The van der Waals surface area contributed by atoms with Crippen LogP contribution in [0.2, 0.25) is 0 Å². The predicted molar refractivity (Wildman–Crippen MR) is 99.5 cm³/mol. The average molecular weight is 327 g/mol. The number of hydrogen-bond acceptors (Lipinski definition) is 4. The molecule has 2 heterocycles. The molecule has 23 heavy (non-hydrogen) atoms. The second kappa shape index (κ2) is 5.67. The van der Waals surface area contributed by atoms with Gasteiger partial charge in [0, 0.05) is 29.9 Å². The van der Waals surface area contributed by atoms with Crippen LogP contribution in [0.4, 0.5) is 5.82 Å². The summed E-state index contributed by atoms with van der Waals surface area (Å²) in [6.07, 6.45) is 2.12. The van der Waals surface area contributed by atoms with E-state index in [2.05, 4.69) is 61.3 Å². The third-order valence-electron chi connectivity index (χ3n) is 5.48.